The molecule has 1 heterocycles. The number of nitrogens with zero attached hydrogens (tertiary/aromatic N) is 1. The summed E-state index contributed by atoms with van der Waals surface area (Å²) in [5, 5.41) is 3.41. The van der Waals surface area contributed by atoms with Gasteiger partial charge in [-0.1, -0.05) is 26.7 Å². The molecular formula is C17H28N2O. The predicted octanol–water partition coefficient (Wildman–Crippen LogP) is 3.93. The molecule has 1 aliphatic carbocycles. The first-order chi connectivity index (χ1) is 9.74. The molecule has 1 N–H and O–H groups in total. The third-order valence-corrected chi connectivity index (χ3v) is 3.76. The van der Waals surface area contributed by atoms with E-state index in [0.717, 1.165) is 24.5 Å². The fourth-order valence-electron chi connectivity index (χ4n) is 2.63. The molecule has 1 saturated carbocycles. The van der Waals surface area contributed by atoms with E-state index in [2.05, 4.69) is 36.3 Å². The van der Waals surface area contributed by atoms with Crippen LogP contribution >= 0.6 is 0 Å². The lowest BCUT2D eigenvalue weighted by molar-refractivity contribution is 0.183. The summed E-state index contributed by atoms with van der Waals surface area (Å²) in [6.07, 6.45) is 9.97. The van der Waals surface area contributed by atoms with Gasteiger partial charge in [-0.05, 0) is 50.3 Å². The molecule has 0 saturated heterocycles. The maximum atomic E-state index is 6.05. The van der Waals surface area contributed by atoms with Crippen molar-refractivity contribution >= 4 is 0 Å². The van der Waals surface area contributed by atoms with Crippen molar-refractivity contribution < 1.29 is 4.74 Å². The zero-order valence-electron chi connectivity index (χ0n) is 12.9. The third-order valence-electron chi connectivity index (χ3n) is 3.76. The Hall–Kier alpha value is -1.09. The highest BCUT2D eigenvalue weighted by Crippen LogP contribution is 2.22. The molecule has 3 nitrogen and oxygen atoms in total. The Bertz CT molecular complexity index is 367. The maximum absolute atomic E-state index is 6.05. The highest BCUT2D eigenvalue weighted by Gasteiger charge is 2.13. The van der Waals surface area contributed by atoms with Crippen molar-refractivity contribution in [1.82, 2.24) is 10.3 Å². The van der Waals surface area contributed by atoms with Gasteiger partial charge in [0.2, 0.25) is 0 Å². The van der Waals surface area contributed by atoms with Gasteiger partial charge >= 0.3 is 0 Å². The molecule has 0 unspecified atom stereocenters. The normalized spacial score (nSPS) is 17.1. The van der Waals surface area contributed by atoms with Crippen molar-refractivity contribution in [3.63, 3.8) is 0 Å². The Labute approximate surface area is 123 Å². The van der Waals surface area contributed by atoms with Crippen LogP contribution in [0.1, 0.15) is 58.1 Å². The summed E-state index contributed by atoms with van der Waals surface area (Å²) in [5.41, 5.74) is 1.08. The maximum Gasteiger partial charge on any atom is 0.138 e. The molecule has 0 aliphatic heterocycles. The first-order valence-corrected chi connectivity index (χ1v) is 8.06. The fourth-order valence-corrected chi connectivity index (χ4v) is 2.63. The highest BCUT2D eigenvalue weighted by atomic mass is 16.5. The fraction of sp³-hybridized carbons (Fsp3) is 0.706. The van der Waals surface area contributed by atoms with Crippen LogP contribution in [0.2, 0.25) is 0 Å². The van der Waals surface area contributed by atoms with E-state index in [1.807, 2.05) is 6.20 Å². The lowest BCUT2D eigenvalue weighted by atomic mass is 10.1. The number of rotatable bonds is 6. The molecule has 3 heteroatoms. The third kappa shape index (κ3) is 5.49. The van der Waals surface area contributed by atoms with Crippen LogP contribution in [0.4, 0.5) is 0 Å². The molecule has 0 spiro atoms. The molecular weight excluding hydrogens is 248 g/mol. The zero-order chi connectivity index (χ0) is 14.2. The summed E-state index contributed by atoms with van der Waals surface area (Å²) in [6.45, 7) is 6.29. The summed E-state index contributed by atoms with van der Waals surface area (Å²) in [5.74, 6) is 1.59. The monoisotopic (exact) mass is 276 g/mol. The van der Waals surface area contributed by atoms with Crippen LogP contribution in [0.15, 0.2) is 18.3 Å². The van der Waals surface area contributed by atoms with Gasteiger partial charge in [0.15, 0.2) is 0 Å². The average molecular weight is 276 g/mol. The number of nitrogens with one attached hydrogen (secondary N) is 1. The SMILES string of the molecule is CC(C)CNCc1ccc(OC2CCCCCC2)cn1. The first-order valence-electron chi connectivity index (χ1n) is 8.06. The van der Waals surface area contributed by atoms with Gasteiger partial charge in [0.25, 0.3) is 0 Å². The number of pyridine rings is 1. The van der Waals surface area contributed by atoms with Gasteiger partial charge < -0.3 is 10.1 Å². The van der Waals surface area contributed by atoms with Crippen LogP contribution in [-0.4, -0.2) is 17.6 Å². The lowest BCUT2D eigenvalue weighted by Crippen LogP contribution is -2.19. The van der Waals surface area contributed by atoms with Crippen molar-refractivity contribution in [3.05, 3.63) is 24.0 Å². The van der Waals surface area contributed by atoms with Crippen LogP contribution in [0.3, 0.4) is 0 Å². The van der Waals surface area contributed by atoms with Gasteiger partial charge in [-0.2, -0.15) is 0 Å². The van der Waals surface area contributed by atoms with E-state index in [-0.39, 0.29) is 0 Å². The van der Waals surface area contributed by atoms with Crippen molar-refractivity contribution in [2.45, 2.75) is 65.0 Å². The van der Waals surface area contributed by atoms with E-state index in [4.69, 9.17) is 4.74 Å². The summed E-state index contributed by atoms with van der Waals surface area (Å²) < 4.78 is 6.05. The summed E-state index contributed by atoms with van der Waals surface area (Å²) in [6, 6.07) is 4.13. The molecule has 0 bridgehead atoms. The number of hydrogen-bond donors (Lipinski definition) is 1. The summed E-state index contributed by atoms with van der Waals surface area (Å²) in [7, 11) is 0. The van der Waals surface area contributed by atoms with E-state index >= 15 is 0 Å². The Morgan fingerprint density at radius 2 is 1.95 bits per heavy atom. The Kier molecular flexibility index (Phi) is 6.31. The predicted molar refractivity (Wildman–Crippen MR) is 82.9 cm³/mol. The van der Waals surface area contributed by atoms with Crippen LogP contribution in [0, 0.1) is 5.92 Å². The molecule has 0 atom stereocenters. The van der Waals surface area contributed by atoms with Gasteiger partial charge in [0, 0.05) is 6.54 Å². The summed E-state index contributed by atoms with van der Waals surface area (Å²) in [4.78, 5) is 4.48. The second kappa shape index (κ2) is 8.25. The number of aromatic nitrogens is 1. The van der Waals surface area contributed by atoms with E-state index < -0.39 is 0 Å². The van der Waals surface area contributed by atoms with Crippen molar-refractivity contribution in [3.8, 4) is 5.75 Å². The molecule has 112 valence electrons. The molecule has 1 aromatic rings. The standard InChI is InChI=1S/C17H28N2O/c1-14(2)11-18-12-15-9-10-17(13-19-15)20-16-7-5-3-4-6-8-16/h9-10,13-14,16,18H,3-8,11-12H2,1-2H3. The zero-order valence-corrected chi connectivity index (χ0v) is 12.9. The van der Waals surface area contributed by atoms with Crippen molar-refractivity contribution in [1.29, 1.82) is 0 Å². The summed E-state index contributed by atoms with van der Waals surface area (Å²) >= 11 is 0. The van der Waals surface area contributed by atoms with Gasteiger partial charge in [-0.3, -0.25) is 4.98 Å². The molecule has 2 rings (SSSR count). The van der Waals surface area contributed by atoms with E-state index in [1.165, 1.54) is 38.5 Å². The molecule has 0 radical (unpaired) electrons. The minimum atomic E-state index is 0.393. The van der Waals surface area contributed by atoms with Crippen molar-refractivity contribution in [2.24, 2.45) is 5.92 Å². The lowest BCUT2D eigenvalue weighted by Gasteiger charge is -2.16. The van der Waals surface area contributed by atoms with Crippen LogP contribution in [0.5, 0.6) is 5.75 Å². The topological polar surface area (TPSA) is 34.1 Å². The minimum absolute atomic E-state index is 0.393. The first kappa shape index (κ1) is 15.3. The van der Waals surface area contributed by atoms with E-state index in [9.17, 15) is 0 Å². The molecule has 1 fully saturated rings. The Balaban J connectivity index is 1.78. The van der Waals surface area contributed by atoms with E-state index in [1.54, 1.807) is 0 Å². The van der Waals surface area contributed by atoms with Crippen LogP contribution in [-0.2, 0) is 6.54 Å². The number of ether oxygens (including phenoxy) is 1. The quantitative estimate of drug-likeness (QED) is 0.799. The second-order valence-corrected chi connectivity index (χ2v) is 6.24. The second-order valence-electron chi connectivity index (χ2n) is 6.24. The van der Waals surface area contributed by atoms with E-state index in [0.29, 0.717) is 12.0 Å². The van der Waals surface area contributed by atoms with Crippen LogP contribution < -0.4 is 10.1 Å². The smallest absolute Gasteiger partial charge is 0.138 e. The van der Waals surface area contributed by atoms with Gasteiger partial charge in [-0.25, -0.2) is 0 Å². The average Bonchev–Trinajstić information content (AvgIpc) is 2.69. The Morgan fingerprint density at radius 1 is 1.20 bits per heavy atom. The minimum Gasteiger partial charge on any atom is -0.489 e. The van der Waals surface area contributed by atoms with Gasteiger partial charge in [0.1, 0.15) is 5.75 Å². The van der Waals surface area contributed by atoms with Crippen LogP contribution in [0.25, 0.3) is 0 Å². The van der Waals surface area contributed by atoms with Gasteiger partial charge in [0.05, 0.1) is 18.0 Å². The molecule has 0 aromatic carbocycles. The van der Waals surface area contributed by atoms with Crippen molar-refractivity contribution in [2.75, 3.05) is 6.54 Å². The molecule has 1 aliphatic rings. The molecule has 20 heavy (non-hydrogen) atoms. The molecule has 1 aromatic heterocycles. The molecule has 0 amide bonds. The number of hydrogen-bond acceptors (Lipinski definition) is 3. The largest absolute Gasteiger partial charge is 0.489 e. The van der Waals surface area contributed by atoms with Gasteiger partial charge in [-0.15, -0.1) is 0 Å². The highest BCUT2D eigenvalue weighted by molar-refractivity contribution is 5.20. The Morgan fingerprint density at radius 3 is 2.55 bits per heavy atom.